The summed E-state index contributed by atoms with van der Waals surface area (Å²) < 4.78 is 0. The highest BCUT2D eigenvalue weighted by atomic mass is 15.2. The van der Waals surface area contributed by atoms with Crippen LogP contribution in [0.1, 0.15) is 32.6 Å². The molecule has 0 aromatic heterocycles. The summed E-state index contributed by atoms with van der Waals surface area (Å²) in [7, 11) is 4.43. The molecule has 2 heterocycles. The van der Waals surface area contributed by atoms with Crippen LogP contribution in [-0.2, 0) is 0 Å². The van der Waals surface area contributed by atoms with E-state index in [0.29, 0.717) is 0 Å². The van der Waals surface area contributed by atoms with E-state index < -0.39 is 0 Å². The molecule has 2 fully saturated rings. The maximum absolute atomic E-state index is 3.65. The Labute approximate surface area is 107 Å². The van der Waals surface area contributed by atoms with E-state index in [2.05, 4.69) is 36.1 Å². The fraction of sp³-hybridized carbons (Fsp3) is 1.00. The van der Waals surface area contributed by atoms with Crippen molar-refractivity contribution < 1.29 is 0 Å². The predicted molar refractivity (Wildman–Crippen MR) is 73.3 cm³/mol. The number of hydrogen-bond donors (Lipinski definition) is 1. The van der Waals surface area contributed by atoms with Gasteiger partial charge in [0.05, 0.1) is 0 Å². The van der Waals surface area contributed by atoms with Crippen LogP contribution < -0.4 is 5.32 Å². The number of piperidine rings is 1. The van der Waals surface area contributed by atoms with Gasteiger partial charge in [-0.2, -0.15) is 0 Å². The number of hydrogen-bond acceptors (Lipinski definition) is 3. The minimum absolute atomic E-state index is 0.759. The van der Waals surface area contributed by atoms with Crippen LogP contribution in [-0.4, -0.2) is 62.2 Å². The van der Waals surface area contributed by atoms with Gasteiger partial charge < -0.3 is 15.1 Å². The zero-order valence-electron chi connectivity index (χ0n) is 11.8. The molecule has 3 nitrogen and oxygen atoms in total. The first-order chi connectivity index (χ1) is 8.16. The molecule has 17 heavy (non-hydrogen) atoms. The molecule has 2 aliphatic heterocycles. The Balaban J connectivity index is 1.70. The molecule has 2 aliphatic rings. The molecule has 2 rings (SSSR count). The van der Waals surface area contributed by atoms with Crippen LogP contribution in [0.25, 0.3) is 0 Å². The van der Waals surface area contributed by atoms with Crippen LogP contribution in [0.4, 0.5) is 0 Å². The van der Waals surface area contributed by atoms with Gasteiger partial charge in [-0.05, 0) is 52.4 Å². The van der Waals surface area contributed by atoms with Crippen molar-refractivity contribution in [3.8, 4) is 0 Å². The first-order valence-electron chi connectivity index (χ1n) is 7.29. The third-order valence-electron chi connectivity index (χ3n) is 4.52. The van der Waals surface area contributed by atoms with Gasteiger partial charge in [0.25, 0.3) is 0 Å². The molecule has 0 aromatic rings. The Hall–Kier alpha value is -0.120. The van der Waals surface area contributed by atoms with Gasteiger partial charge in [0.1, 0.15) is 0 Å². The maximum atomic E-state index is 3.65. The van der Waals surface area contributed by atoms with E-state index in [-0.39, 0.29) is 0 Å². The molecule has 100 valence electrons. The number of likely N-dealkylation sites (N-methyl/N-ethyl adjacent to an activating group) is 1. The summed E-state index contributed by atoms with van der Waals surface area (Å²) in [5.74, 6) is 0.823. The zero-order chi connectivity index (χ0) is 12.3. The lowest BCUT2D eigenvalue weighted by Gasteiger charge is -2.26. The quantitative estimate of drug-likeness (QED) is 0.800. The lowest BCUT2D eigenvalue weighted by atomic mass is 10.0. The van der Waals surface area contributed by atoms with Crippen molar-refractivity contribution >= 4 is 0 Å². The fourth-order valence-electron chi connectivity index (χ4n) is 3.41. The molecule has 3 atom stereocenters. The van der Waals surface area contributed by atoms with E-state index in [1.54, 1.807) is 0 Å². The van der Waals surface area contributed by atoms with Crippen molar-refractivity contribution in [3.63, 3.8) is 0 Å². The normalized spacial score (nSPS) is 35.6. The molecule has 3 unspecified atom stereocenters. The van der Waals surface area contributed by atoms with E-state index in [0.717, 1.165) is 18.0 Å². The largest absolute Gasteiger partial charge is 0.314 e. The molecule has 0 saturated carbocycles. The summed E-state index contributed by atoms with van der Waals surface area (Å²) in [5, 5.41) is 3.65. The summed E-state index contributed by atoms with van der Waals surface area (Å²) in [5.41, 5.74) is 0. The van der Waals surface area contributed by atoms with E-state index in [1.165, 1.54) is 51.9 Å². The molecule has 2 saturated heterocycles. The predicted octanol–water partition coefficient (Wildman–Crippen LogP) is 1.40. The summed E-state index contributed by atoms with van der Waals surface area (Å²) in [6, 6.07) is 1.55. The second kappa shape index (κ2) is 6.17. The number of rotatable bonds is 4. The SMILES string of the molecule is CC1CN(CCC2CCCCN2)CC1N(C)C. The van der Waals surface area contributed by atoms with Crippen LogP contribution in [0.2, 0.25) is 0 Å². The van der Waals surface area contributed by atoms with Crippen LogP contribution in [0.15, 0.2) is 0 Å². The first-order valence-corrected chi connectivity index (χ1v) is 7.29. The Morgan fingerprint density at radius 2 is 2.06 bits per heavy atom. The van der Waals surface area contributed by atoms with Crippen LogP contribution in [0.3, 0.4) is 0 Å². The van der Waals surface area contributed by atoms with E-state index in [9.17, 15) is 0 Å². The minimum Gasteiger partial charge on any atom is -0.314 e. The molecule has 0 bridgehead atoms. The highest BCUT2D eigenvalue weighted by molar-refractivity contribution is 4.87. The molecule has 3 heteroatoms. The van der Waals surface area contributed by atoms with Gasteiger partial charge in [0.2, 0.25) is 0 Å². The Morgan fingerprint density at radius 1 is 1.24 bits per heavy atom. The smallest absolute Gasteiger partial charge is 0.0254 e. The average Bonchev–Trinajstić information content (AvgIpc) is 2.69. The molecule has 0 spiro atoms. The fourth-order valence-corrected chi connectivity index (χ4v) is 3.41. The summed E-state index contributed by atoms with van der Waals surface area (Å²) in [6.07, 6.45) is 5.53. The molecule has 1 N–H and O–H groups in total. The Kier molecular flexibility index (Phi) is 4.83. The van der Waals surface area contributed by atoms with Gasteiger partial charge in [-0.15, -0.1) is 0 Å². The van der Waals surface area contributed by atoms with Crippen LogP contribution in [0.5, 0.6) is 0 Å². The number of nitrogens with zero attached hydrogens (tertiary/aromatic N) is 2. The van der Waals surface area contributed by atoms with Gasteiger partial charge in [-0.1, -0.05) is 13.3 Å². The average molecular weight is 239 g/mol. The summed E-state index contributed by atoms with van der Waals surface area (Å²) in [4.78, 5) is 5.05. The van der Waals surface area contributed by atoms with Crippen molar-refractivity contribution in [2.45, 2.75) is 44.7 Å². The Morgan fingerprint density at radius 3 is 2.65 bits per heavy atom. The summed E-state index contributed by atoms with van der Waals surface area (Å²) >= 11 is 0. The molecule has 0 radical (unpaired) electrons. The summed E-state index contributed by atoms with van der Waals surface area (Å²) in [6.45, 7) is 7.47. The standard InChI is InChI=1S/C14H29N3/c1-12-10-17(11-14(12)16(2)3)9-7-13-6-4-5-8-15-13/h12-15H,4-11H2,1-3H3. The van der Waals surface area contributed by atoms with Gasteiger partial charge in [-0.3, -0.25) is 0 Å². The van der Waals surface area contributed by atoms with Crippen molar-refractivity contribution in [1.82, 2.24) is 15.1 Å². The highest BCUT2D eigenvalue weighted by Gasteiger charge is 2.30. The second-order valence-electron chi connectivity index (χ2n) is 6.20. The first kappa shape index (κ1) is 13.3. The van der Waals surface area contributed by atoms with Gasteiger partial charge >= 0.3 is 0 Å². The molecular formula is C14H29N3. The third kappa shape index (κ3) is 3.67. The van der Waals surface area contributed by atoms with E-state index in [1.807, 2.05) is 0 Å². The van der Waals surface area contributed by atoms with Crippen molar-refractivity contribution in [3.05, 3.63) is 0 Å². The number of likely N-dealkylation sites (tertiary alicyclic amines) is 1. The van der Waals surface area contributed by atoms with Gasteiger partial charge in [-0.25, -0.2) is 0 Å². The van der Waals surface area contributed by atoms with E-state index in [4.69, 9.17) is 0 Å². The van der Waals surface area contributed by atoms with Crippen LogP contribution in [0, 0.1) is 5.92 Å². The van der Waals surface area contributed by atoms with Crippen molar-refractivity contribution in [1.29, 1.82) is 0 Å². The maximum Gasteiger partial charge on any atom is 0.0254 e. The van der Waals surface area contributed by atoms with Gasteiger partial charge in [0.15, 0.2) is 0 Å². The van der Waals surface area contributed by atoms with Crippen LogP contribution >= 0.6 is 0 Å². The van der Waals surface area contributed by atoms with E-state index >= 15 is 0 Å². The zero-order valence-corrected chi connectivity index (χ0v) is 11.8. The van der Waals surface area contributed by atoms with Crippen molar-refractivity contribution in [2.24, 2.45) is 5.92 Å². The molecule has 0 aromatic carbocycles. The molecule has 0 amide bonds. The third-order valence-corrected chi connectivity index (χ3v) is 4.52. The Bertz CT molecular complexity index is 224. The monoisotopic (exact) mass is 239 g/mol. The number of nitrogens with one attached hydrogen (secondary N) is 1. The lowest BCUT2D eigenvalue weighted by Crippen LogP contribution is -2.38. The highest BCUT2D eigenvalue weighted by Crippen LogP contribution is 2.21. The molecule has 0 aliphatic carbocycles. The van der Waals surface area contributed by atoms with Crippen molar-refractivity contribution in [2.75, 3.05) is 40.3 Å². The second-order valence-corrected chi connectivity index (χ2v) is 6.20. The lowest BCUT2D eigenvalue weighted by molar-refractivity contribution is 0.245. The topological polar surface area (TPSA) is 18.5 Å². The minimum atomic E-state index is 0.759. The van der Waals surface area contributed by atoms with Gasteiger partial charge in [0, 0.05) is 25.2 Å². The molecular weight excluding hydrogens is 210 g/mol.